The molecular formula is C12H20O2Si. The lowest BCUT2D eigenvalue weighted by Gasteiger charge is -2.39. The van der Waals surface area contributed by atoms with Crippen LogP contribution in [0.4, 0.5) is 0 Å². The van der Waals surface area contributed by atoms with Gasteiger partial charge >= 0.3 is 5.97 Å². The van der Waals surface area contributed by atoms with E-state index in [1.807, 2.05) is 0 Å². The van der Waals surface area contributed by atoms with E-state index in [1.54, 1.807) is 0 Å². The van der Waals surface area contributed by atoms with E-state index in [2.05, 4.69) is 19.7 Å². The fraction of sp³-hybridized carbons (Fsp3) is 0.750. The SMILES string of the molecule is C=CC(=O)O[Si](C)(C)C12CCC(CC1)C2. The van der Waals surface area contributed by atoms with Crippen molar-refractivity contribution in [2.75, 3.05) is 0 Å². The molecule has 0 N–H and O–H groups in total. The molecule has 0 unspecified atom stereocenters. The van der Waals surface area contributed by atoms with Gasteiger partial charge in [0.1, 0.15) is 0 Å². The van der Waals surface area contributed by atoms with Crippen molar-refractivity contribution in [1.82, 2.24) is 0 Å². The molecule has 2 aliphatic carbocycles. The van der Waals surface area contributed by atoms with Gasteiger partial charge in [0.05, 0.1) is 0 Å². The maximum atomic E-state index is 11.4. The van der Waals surface area contributed by atoms with Crippen LogP contribution in [-0.2, 0) is 9.22 Å². The lowest BCUT2D eigenvalue weighted by Crippen LogP contribution is -2.44. The van der Waals surface area contributed by atoms with Crippen molar-refractivity contribution >= 4 is 14.3 Å². The van der Waals surface area contributed by atoms with E-state index in [1.165, 1.54) is 38.2 Å². The van der Waals surface area contributed by atoms with Gasteiger partial charge in [-0.1, -0.05) is 19.4 Å². The second-order valence-corrected chi connectivity index (χ2v) is 9.85. The Morgan fingerprint density at radius 1 is 1.47 bits per heavy atom. The summed E-state index contributed by atoms with van der Waals surface area (Å²) in [6.07, 6.45) is 7.86. The summed E-state index contributed by atoms with van der Waals surface area (Å²) in [5.74, 6) is 0.690. The predicted molar refractivity (Wildman–Crippen MR) is 63.0 cm³/mol. The molecule has 0 amide bonds. The number of hydrogen-bond acceptors (Lipinski definition) is 2. The van der Waals surface area contributed by atoms with E-state index in [9.17, 15) is 4.79 Å². The molecule has 2 fully saturated rings. The minimum atomic E-state index is -1.88. The standard InChI is InChI=1S/C12H20O2Si/c1-4-11(13)14-15(2,3)12-7-5-10(9-12)6-8-12/h4,10H,1,5-9H2,2-3H3. The lowest BCUT2D eigenvalue weighted by atomic mass is 10.0. The summed E-state index contributed by atoms with van der Waals surface area (Å²) in [5, 5.41) is 0.385. The van der Waals surface area contributed by atoms with Crippen molar-refractivity contribution in [2.24, 2.45) is 5.92 Å². The highest BCUT2D eigenvalue weighted by molar-refractivity contribution is 6.76. The number of rotatable bonds is 3. The van der Waals surface area contributed by atoms with E-state index in [0.717, 1.165) is 5.92 Å². The van der Waals surface area contributed by atoms with Crippen LogP contribution in [0.2, 0.25) is 18.1 Å². The predicted octanol–water partition coefficient (Wildman–Crippen LogP) is 3.26. The van der Waals surface area contributed by atoms with Crippen molar-refractivity contribution in [3.8, 4) is 0 Å². The molecular weight excluding hydrogens is 204 g/mol. The van der Waals surface area contributed by atoms with Crippen molar-refractivity contribution < 1.29 is 9.22 Å². The Morgan fingerprint density at radius 3 is 2.47 bits per heavy atom. The summed E-state index contributed by atoms with van der Waals surface area (Å²) in [6, 6.07) is 0. The van der Waals surface area contributed by atoms with Gasteiger partial charge in [-0.05, 0) is 38.3 Å². The van der Waals surface area contributed by atoms with Crippen LogP contribution in [0.15, 0.2) is 12.7 Å². The average Bonchev–Trinajstić information content (AvgIpc) is 2.77. The quantitative estimate of drug-likeness (QED) is 0.543. The van der Waals surface area contributed by atoms with Gasteiger partial charge in [-0.25, -0.2) is 4.79 Å². The van der Waals surface area contributed by atoms with Gasteiger partial charge in [0, 0.05) is 11.1 Å². The Hall–Kier alpha value is -0.573. The molecule has 0 radical (unpaired) electrons. The third kappa shape index (κ3) is 1.67. The van der Waals surface area contributed by atoms with E-state index in [4.69, 9.17) is 4.43 Å². The molecule has 0 aliphatic heterocycles. The largest absolute Gasteiger partial charge is 0.516 e. The summed E-state index contributed by atoms with van der Waals surface area (Å²) in [7, 11) is -1.88. The first-order valence-electron chi connectivity index (χ1n) is 5.84. The Balaban J connectivity index is 2.14. The van der Waals surface area contributed by atoms with E-state index in [-0.39, 0.29) is 5.97 Å². The first kappa shape index (κ1) is 10.9. The third-order valence-electron chi connectivity index (χ3n) is 4.54. The molecule has 0 aromatic rings. The van der Waals surface area contributed by atoms with Crippen LogP contribution in [0.3, 0.4) is 0 Å². The first-order chi connectivity index (χ1) is 6.99. The molecule has 0 heterocycles. The highest BCUT2D eigenvalue weighted by atomic mass is 28.4. The topological polar surface area (TPSA) is 26.3 Å². The van der Waals surface area contributed by atoms with Gasteiger partial charge in [0.2, 0.25) is 0 Å². The molecule has 3 heteroatoms. The summed E-state index contributed by atoms with van der Waals surface area (Å²) < 4.78 is 5.67. The molecule has 2 nitrogen and oxygen atoms in total. The molecule has 0 spiro atoms. The molecule has 15 heavy (non-hydrogen) atoms. The van der Waals surface area contributed by atoms with Gasteiger partial charge in [-0.2, -0.15) is 0 Å². The Kier molecular flexibility index (Phi) is 2.53. The van der Waals surface area contributed by atoms with E-state index in [0.29, 0.717) is 5.04 Å². The molecule has 0 aromatic heterocycles. The summed E-state index contributed by atoms with van der Waals surface area (Å²) in [6.45, 7) is 7.87. The minimum Gasteiger partial charge on any atom is -0.516 e. The highest BCUT2D eigenvalue weighted by Crippen LogP contribution is 2.64. The van der Waals surface area contributed by atoms with Crippen molar-refractivity contribution in [1.29, 1.82) is 0 Å². The second kappa shape index (κ2) is 3.48. The summed E-state index contributed by atoms with van der Waals surface area (Å²) in [4.78, 5) is 11.4. The zero-order valence-electron chi connectivity index (χ0n) is 9.71. The number of carbonyl (C=O) groups excluding carboxylic acids is 1. The molecule has 2 saturated carbocycles. The summed E-state index contributed by atoms with van der Waals surface area (Å²) in [5.41, 5.74) is 0. The van der Waals surface area contributed by atoms with Crippen LogP contribution in [0, 0.1) is 5.92 Å². The zero-order chi connectivity index (χ0) is 11.1. The second-order valence-electron chi connectivity index (χ2n) is 5.56. The molecule has 0 aromatic carbocycles. The highest BCUT2D eigenvalue weighted by Gasteiger charge is 2.57. The van der Waals surface area contributed by atoms with Gasteiger partial charge in [-0.15, -0.1) is 0 Å². The van der Waals surface area contributed by atoms with Crippen molar-refractivity contribution in [3.05, 3.63) is 12.7 Å². The van der Waals surface area contributed by atoms with Crippen LogP contribution < -0.4 is 0 Å². The van der Waals surface area contributed by atoms with E-state index < -0.39 is 8.32 Å². The Morgan fingerprint density at radius 2 is 2.07 bits per heavy atom. The molecule has 84 valence electrons. The molecule has 2 bridgehead atoms. The maximum absolute atomic E-state index is 11.4. The Bertz CT molecular complexity index is 288. The monoisotopic (exact) mass is 224 g/mol. The summed E-state index contributed by atoms with van der Waals surface area (Å²) >= 11 is 0. The molecule has 0 saturated heterocycles. The van der Waals surface area contributed by atoms with E-state index >= 15 is 0 Å². The zero-order valence-corrected chi connectivity index (χ0v) is 10.7. The maximum Gasteiger partial charge on any atom is 0.316 e. The third-order valence-corrected chi connectivity index (χ3v) is 8.51. The van der Waals surface area contributed by atoms with Gasteiger partial charge in [0.25, 0.3) is 8.32 Å². The molecule has 0 atom stereocenters. The fourth-order valence-corrected chi connectivity index (χ4v) is 6.52. The van der Waals surface area contributed by atoms with Crippen LogP contribution in [0.1, 0.15) is 32.1 Å². The fourth-order valence-electron chi connectivity index (χ4n) is 3.44. The van der Waals surface area contributed by atoms with Crippen molar-refractivity contribution in [2.45, 2.75) is 50.2 Å². The van der Waals surface area contributed by atoms with Gasteiger partial charge in [-0.3, -0.25) is 0 Å². The Labute approximate surface area is 92.8 Å². The smallest absolute Gasteiger partial charge is 0.316 e. The molecule has 2 aliphatic rings. The normalized spacial score (nSPS) is 34.1. The average molecular weight is 224 g/mol. The van der Waals surface area contributed by atoms with Crippen LogP contribution in [0.25, 0.3) is 0 Å². The molecule has 2 rings (SSSR count). The van der Waals surface area contributed by atoms with Gasteiger partial charge in [0.15, 0.2) is 0 Å². The minimum absolute atomic E-state index is 0.226. The van der Waals surface area contributed by atoms with Crippen LogP contribution >= 0.6 is 0 Å². The van der Waals surface area contributed by atoms with Crippen molar-refractivity contribution in [3.63, 3.8) is 0 Å². The number of carbonyl (C=O) groups is 1. The number of fused-ring (bicyclic) bond motifs is 2. The van der Waals surface area contributed by atoms with Crippen LogP contribution in [-0.4, -0.2) is 14.3 Å². The lowest BCUT2D eigenvalue weighted by molar-refractivity contribution is -0.130. The number of hydrogen-bond donors (Lipinski definition) is 0. The van der Waals surface area contributed by atoms with Crippen LogP contribution in [0.5, 0.6) is 0 Å². The van der Waals surface area contributed by atoms with Gasteiger partial charge < -0.3 is 4.43 Å². The first-order valence-corrected chi connectivity index (χ1v) is 8.75.